The minimum Gasteiger partial charge on any atom is -0.382 e. The first-order chi connectivity index (χ1) is 9.72. The Morgan fingerprint density at radius 1 is 1.40 bits per heavy atom. The second-order valence-corrected chi connectivity index (χ2v) is 5.26. The predicted molar refractivity (Wildman–Crippen MR) is 80.9 cm³/mol. The summed E-state index contributed by atoms with van der Waals surface area (Å²) < 4.78 is 5.72. The minimum absolute atomic E-state index is 0.0161. The van der Waals surface area contributed by atoms with Crippen molar-refractivity contribution in [1.29, 1.82) is 0 Å². The Labute approximate surface area is 120 Å². The van der Waals surface area contributed by atoms with Gasteiger partial charge in [-0.2, -0.15) is 0 Å². The third-order valence-electron chi connectivity index (χ3n) is 3.79. The van der Waals surface area contributed by atoms with Crippen LogP contribution in [0.5, 0.6) is 0 Å². The maximum absolute atomic E-state index is 11.8. The Hall–Kier alpha value is -1.55. The lowest BCUT2D eigenvalue weighted by atomic mass is 10.0. The molecule has 4 heteroatoms. The molecule has 1 aromatic carbocycles. The zero-order valence-electron chi connectivity index (χ0n) is 12.3. The number of fused-ring (bicyclic) bond motifs is 1. The molecule has 1 heterocycles. The van der Waals surface area contributed by atoms with E-state index in [1.807, 2.05) is 12.1 Å². The van der Waals surface area contributed by atoms with Gasteiger partial charge in [-0.25, -0.2) is 0 Å². The summed E-state index contributed by atoms with van der Waals surface area (Å²) >= 11 is 0. The van der Waals surface area contributed by atoms with Crippen molar-refractivity contribution in [2.45, 2.75) is 45.3 Å². The van der Waals surface area contributed by atoms with Crippen molar-refractivity contribution in [3.63, 3.8) is 0 Å². The maximum atomic E-state index is 11.8. The fourth-order valence-corrected chi connectivity index (χ4v) is 2.49. The highest BCUT2D eigenvalue weighted by molar-refractivity contribution is 5.77. The van der Waals surface area contributed by atoms with Gasteiger partial charge in [-0.05, 0) is 24.5 Å². The minimum atomic E-state index is -0.0161. The highest BCUT2D eigenvalue weighted by Crippen LogP contribution is 2.22. The SMILES string of the molecule is CCC(CC)NC(=O)COC1CNc2ccccc2C1. The molecule has 0 fully saturated rings. The molecule has 0 bridgehead atoms. The molecule has 0 spiro atoms. The Morgan fingerprint density at radius 2 is 2.15 bits per heavy atom. The number of ether oxygens (including phenoxy) is 1. The third kappa shape index (κ3) is 3.97. The summed E-state index contributed by atoms with van der Waals surface area (Å²) in [5, 5.41) is 6.33. The lowest BCUT2D eigenvalue weighted by Gasteiger charge is -2.26. The van der Waals surface area contributed by atoms with Gasteiger partial charge in [-0.1, -0.05) is 32.0 Å². The third-order valence-corrected chi connectivity index (χ3v) is 3.79. The number of carbonyl (C=O) groups excluding carboxylic acids is 1. The molecule has 2 N–H and O–H groups in total. The van der Waals surface area contributed by atoms with Crippen LogP contribution in [0.1, 0.15) is 32.3 Å². The van der Waals surface area contributed by atoms with E-state index in [0.717, 1.165) is 25.8 Å². The van der Waals surface area contributed by atoms with Gasteiger partial charge < -0.3 is 15.4 Å². The van der Waals surface area contributed by atoms with Gasteiger partial charge in [-0.15, -0.1) is 0 Å². The van der Waals surface area contributed by atoms with Crippen LogP contribution in [0.25, 0.3) is 0 Å². The van der Waals surface area contributed by atoms with E-state index in [9.17, 15) is 4.79 Å². The molecule has 1 aliphatic rings. The van der Waals surface area contributed by atoms with Gasteiger partial charge in [0.2, 0.25) is 5.91 Å². The van der Waals surface area contributed by atoms with Gasteiger partial charge in [0.15, 0.2) is 0 Å². The van der Waals surface area contributed by atoms with Crippen molar-refractivity contribution in [1.82, 2.24) is 5.32 Å². The maximum Gasteiger partial charge on any atom is 0.246 e. The van der Waals surface area contributed by atoms with Crippen molar-refractivity contribution in [3.8, 4) is 0 Å². The van der Waals surface area contributed by atoms with Crippen LogP contribution in [-0.4, -0.2) is 31.2 Å². The lowest BCUT2D eigenvalue weighted by molar-refractivity contribution is -0.128. The Kier molecular flexibility index (Phi) is 5.41. The number of hydrogen-bond donors (Lipinski definition) is 2. The number of nitrogens with one attached hydrogen (secondary N) is 2. The molecular weight excluding hydrogens is 252 g/mol. The van der Waals surface area contributed by atoms with E-state index in [0.29, 0.717) is 0 Å². The standard InChI is InChI=1S/C16H24N2O2/c1-3-13(4-2)18-16(19)11-20-14-9-12-7-5-6-8-15(12)17-10-14/h5-8,13-14,17H,3-4,9-11H2,1-2H3,(H,18,19). The van der Waals surface area contributed by atoms with Crippen LogP contribution in [0.3, 0.4) is 0 Å². The molecule has 1 aromatic rings. The van der Waals surface area contributed by atoms with Crippen LogP contribution in [0.4, 0.5) is 5.69 Å². The molecule has 1 unspecified atom stereocenters. The molecule has 0 saturated heterocycles. The molecule has 20 heavy (non-hydrogen) atoms. The van der Waals surface area contributed by atoms with E-state index in [-0.39, 0.29) is 24.7 Å². The van der Waals surface area contributed by atoms with Crippen LogP contribution in [0.2, 0.25) is 0 Å². The summed E-state index contributed by atoms with van der Waals surface area (Å²) in [4.78, 5) is 11.8. The Bertz CT molecular complexity index is 444. The Morgan fingerprint density at radius 3 is 2.90 bits per heavy atom. The van der Waals surface area contributed by atoms with Gasteiger partial charge >= 0.3 is 0 Å². The van der Waals surface area contributed by atoms with Crippen LogP contribution in [0, 0.1) is 0 Å². The summed E-state index contributed by atoms with van der Waals surface area (Å²) in [6.07, 6.45) is 2.85. The monoisotopic (exact) mass is 276 g/mol. The molecule has 4 nitrogen and oxygen atoms in total. The predicted octanol–water partition coefficient (Wildman–Crippen LogP) is 2.34. The summed E-state index contributed by atoms with van der Waals surface area (Å²) in [6.45, 7) is 5.06. The quantitative estimate of drug-likeness (QED) is 0.838. The Balaban J connectivity index is 1.77. The molecule has 0 aliphatic carbocycles. The normalized spacial score (nSPS) is 17.4. The number of para-hydroxylation sites is 1. The first-order valence-corrected chi connectivity index (χ1v) is 7.45. The van der Waals surface area contributed by atoms with E-state index in [2.05, 4.69) is 36.6 Å². The van der Waals surface area contributed by atoms with Gasteiger partial charge in [0.1, 0.15) is 6.61 Å². The van der Waals surface area contributed by atoms with Crippen molar-refractivity contribution in [2.24, 2.45) is 0 Å². The van der Waals surface area contributed by atoms with E-state index in [1.165, 1.54) is 11.3 Å². The molecule has 1 amide bonds. The van der Waals surface area contributed by atoms with E-state index in [1.54, 1.807) is 0 Å². The molecule has 2 rings (SSSR count). The fraction of sp³-hybridized carbons (Fsp3) is 0.562. The number of carbonyl (C=O) groups is 1. The average Bonchev–Trinajstić information content (AvgIpc) is 2.50. The molecule has 110 valence electrons. The first-order valence-electron chi connectivity index (χ1n) is 7.45. The topological polar surface area (TPSA) is 50.4 Å². The number of hydrogen-bond acceptors (Lipinski definition) is 3. The molecule has 1 atom stereocenters. The van der Waals surface area contributed by atoms with Crippen LogP contribution in [-0.2, 0) is 16.0 Å². The second-order valence-electron chi connectivity index (χ2n) is 5.26. The molecular formula is C16H24N2O2. The largest absolute Gasteiger partial charge is 0.382 e. The van der Waals surface area contributed by atoms with Crippen LogP contribution >= 0.6 is 0 Å². The van der Waals surface area contributed by atoms with Crippen LogP contribution < -0.4 is 10.6 Å². The van der Waals surface area contributed by atoms with Crippen molar-refractivity contribution in [3.05, 3.63) is 29.8 Å². The van der Waals surface area contributed by atoms with Crippen molar-refractivity contribution in [2.75, 3.05) is 18.5 Å². The molecule has 0 radical (unpaired) electrons. The lowest BCUT2D eigenvalue weighted by Crippen LogP contribution is -2.39. The van der Waals surface area contributed by atoms with E-state index < -0.39 is 0 Å². The zero-order valence-corrected chi connectivity index (χ0v) is 12.3. The average molecular weight is 276 g/mol. The molecule has 0 saturated carbocycles. The number of anilines is 1. The highest BCUT2D eigenvalue weighted by Gasteiger charge is 2.19. The van der Waals surface area contributed by atoms with Gasteiger partial charge in [0.25, 0.3) is 0 Å². The van der Waals surface area contributed by atoms with E-state index in [4.69, 9.17) is 4.74 Å². The number of amides is 1. The smallest absolute Gasteiger partial charge is 0.246 e. The summed E-state index contributed by atoms with van der Waals surface area (Å²) in [5.74, 6) is -0.0161. The number of rotatable bonds is 6. The summed E-state index contributed by atoms with van der Waals surface area (Å²) in [5.41, 5.74) is 2.43. The van der Waals surface area contributed by atoms with E-state index >= 15 is 0 Å². The highest BCUT2D eigenvalue weighted by atomic mass is 16.5. The molecule has 0 aromatic heterocycles. The summed E-state index contributed by atoms with van der Waals surface area (Å²) in [7, 11) is 0. The number of benzene rings is 1. The van der Waals surface area contributed by atoms with Gasteiger partial charge in [0.05, 0.1) is 6.10 Å². The van der Waals surface area contributed by atoms with Gasteiger partial charge in [-0.3, -0.25) is 4.79 Å². The second kappa shape index (κ2) is 7.29. The van der Waals surface area contributed by atoms with Crippen molar-refractivity contribution < 1.29 is 9.53 Å². The molecule has 1 aliphatic heterocycles. The summed E-state index contributed by atoms with van der Waals surface area (Å²) in [6, 6.07) is 8.49. The first kappa shape index (κ1) is 14.9. The fourth-order valence-electron chi connectivity index (χ4n) is 2.49. The van der Waals surface area contributed by atoms with Gasteiger partial charge in [0, 0.05) is 24.7 Å². The zero-order chi connectivity index (χ0) is 14.4. The van der Waals surface area contributed by atoms with Crippen molar-refractivity contribution >= 4 is 11.6 Å². The van der Waals surface area contributed by atoms with Crippen LogP contribution in [0.15, 0.2) is 24.3 Å².